The van der Waals surface area contributed by atoms with E-state index in [4.69, 9.17) is 0 Å². The Morgan fingerprint density at radius 3 is 2.40 bits per heavy atom. The van der Waals surface area contributed by atoms with Crippen LogP contribution in [0.15, 0.2) is 77.1 Å². The number of rotatable bonds is 7. The Bertz CT molecular complexity index is 1330. The van der Waals surface area contributed by atoms with Crippen LogP contribution in [0, 0.1) is 6.92 Å². The molecule has 0 aliphatic heterocycles. The average Bonchev–Trinajstić information content (AvgIpc) is 3.44. The lowest BCUT2D eigenvalue weighted by Crippen LogP contribution is -2.20. The SMILES string of the molecule is Cc1ccc(-n2c(SCC(=O)NN=Cc3cccn3C)nnc2-c2ccc(C(C)(C)C)cc2)cc1. The van der Waals surface area contributed by atoms with Crippen LogP contribution in [0.1, 0.15) is 37.6 Å². The summed E-state index contributed by atoms with van der Waals surface area (Å²) < 4.78 is 3.92. The van der Waals surface area contributed by atoms with Gasteiger partial charge in [0.15, 0.2) is 11.0 Å². The molecule has 0 saturated heterocycles. The molecule has 4 rings (SSSR count). The van der Waals surface area contributed by atoms with Crippen LogP contribution in [0.4, 0.5) is 0 Å². The molecule has 35 heavy (non-hydrogen) atoms. The van der Waals surface area contributed by atoms with E-state index in [9.17, 15) is 4.79 Å². The van der Waals surface area contributed by atoms with E-state index in [0.29, 0.717) is 5.16 Å². The summed E-state index contributed by atoms with van der Waals surface area (Å²) in [6.45, 7) is 8.64. The van der Waals surface area contributed by atoms with Gasteiger partial charge in [0.2, 0.25) is 0 Å². The number of aryl methyl sites for hydroxylation is 2. The predicted octanol–water partition coefficient (Wildman–Crippen LogP) is 5.12. The Labute approximate surface area is 210 Å². The zero-order chi connectivity index (χ0) is 25.0. The van der Waals surface area contributed by atoms with Crippen LogP contribution in [0.25, 0.3) is 17.1 Å². The van der Waals surface area contributed by atoms with Gasteiger partial charge in [-0.3, -0.25) is 9.36 Å². The highest BCUT2D eigenvalue weighted by Gasteiger charge is 2.19. The van der Waals surface area contributed by atoms with Gasteiger partial charge in [-0.2, -0.15) is 5.10 Å². The summed E-state index contributed by atoms with van der Waals surface area (Å²) in [5, 5.41) is 13.6. The summed E-state index contributed by atoms with van der Waals surface area (Å²) in [5.41, 5.74) is 7.89. The monoisotopic (exact) mass is 486 g/mol. The number of hydrogen-bond acceptors (Lipinski definition) is 5. The lowest BCUT2D eigenvalue weighted by atomic mass is 9.87. The Morgan fingerprint density at radius 2 is 1.77 bits per heavy atom. The van der Waals surface area contributed by atoms with E-state index < -0.39 is 0 Å². The highest BCUT2D eigenvalue weighted by atomic mass is 32.2. The van der Waals surface area contributed by atoms with E-state index in [0.717, 1.165) is 22.8 Å². The number of aromatic nitrogens is 4. The molecular formula is C27H30N6OS. The number of benzene rings is 2. The third kappa shape index (κ3) is 5.89. The number of carbonyl (C=O) groups excluding carboxylic acids is 1. The fourth-order valence-electron chi connectivity index (χ4n) is 3.54. The summed E-state index contributed by atoms with van der Waals surface area (Å²) >= 11 is 1.33. The van der Waals surface area contributed by atoms with Gasteiger partial charge in [0.05, 0.1) is 17.7 Å². The molecule has 0 atom stereocenters. The number of amides is 1. The maximum Gasteiger partial charge on any atom is 0.250 e. The van der Waals surface area contributed by atoms with Crippen LogP contribution in [0.2, 0.25) is 0 Å². The van der Waals surface area contributed by atoms with Crippen molar-refractivity contribution in [2.24, 2.45) is 12.1 Å². The number of hydrazone groups is 1. The number of nitrogens with zero attached hydrogens (tertiary/aromatic N) is 5. The van der Waals surface area contributed by atoms with Crippen molar-refractivity contribution in [2.45, 2.75) is 38.3 Å². The van der Waals surface area contributed by atoms with Gasteiger partial charge in [-0.1, -0.05) is 74.5 Å². The lowest BCUT2D eigenvalue weighted by Gasteiger charge is -2.19. The van der Waals surface area contributed by atoms with Crippen molar-refractivity contribution in [1.82, 2.24) is 24.8 Å². The molecule has 180 valence electrons. The highest BCUT2D eigenvalue weighted by molar-refractivity contribution is 7.99. The van der Waals surface area contributed by atoms with Gasteiger partial charge in [0.1, 0.15) is 0 Å². The molecular weight excluding hydrogens is 456 g/mol. The van der Waals surface area contributed by atoms with Crippen molar-refractivity contribution < 1.29 is 4.79 Å². The van der Waals surface area contributed by atoms with E-state index in [2.05, 4.69) is 84.8 Å². The molecule has 0 spiro atoms. The molecule has 7 nitrogen and oxygen atoms in total. The van der Waals surface area contributed by atoms with Crippen LogP contribution >= 0.6 is 11.8 Å². The van der Waals surface area contributed by atoms with E-state index >= 15 is 0 Å². The second-order valence-corrected chi connectivity index (χ2v) is 10.4. The lowest BCUT2D eigenvalue weighted by molar-refractivity contribution is -0.118. The standard InChI is InChI=1S/C27H30N6OS/c1-19-8-14-22(15-9-19)33-25(20-10-12-21(13-11-20)27(2,3)4)30-31-26(33)35-18-24(34)29-28-17-23-7-6-16-32(23)5/h6-17H,18H2,1-5H3,(H,29,34). The molecule has 1 N–H and O–H groups in total. The van der Waals surface area contributed by atoms with E-state index in [1.807, 2.05) is 46.6 Å². The average molecular weight is 487 g/mol. The van der Waals surface area contributed by atoms with Gasteiger partial charge in [-0.15, -0.1) is 10.2 Å². The molecule has 0 unspecified atom stereocenters. The van der Waals surface area contributed by atoms with Gasteiger partial charge in [0, 0.05) is 24.5 Å². The normalized spacial score (nSPS) is 11.8. The maximum absolute atomic E-state index is 12.4. The van der Waals surface area contributed by atoms with Crippen molar-refractivity contribution in [3.05, 3.63) is 83.7 Å². The molecule has 0 saturated carbocycles. The van der Waals surface area contributed by atoms with Crippen LogP contribution < -0.4 is 5.43 Å². The fraction of sp³-hybridized carbons (Fsp3) is 0.259. The van der Waals surface area contributed by atoms with Gasteiger partial charge in [-0.25, -0.2) is 5.43 Å². The second kappa shape index (κ2) is 10.3. The summed E-state index contributed by atoms with van der Waals surface area (Å²) in [4.78, 5) is 12.4. The summed E-state index contributed by atoms with van der Waals surface area (Å²) in [7, 11) is 1.92. The van der Waals surface area contributed by atoms with Crippen LogP contribution in [0.5, 0.6) is 0 Å². The molecule has 0 aliphatic carbocycles. The Balaban J connectivity index is 1.56. The van der Waals surface area contributed by atoms with E-state index in [1.165, 1.54) is 22.9 Å². The number of thioether (sulfide) groups is 1. The first-order valence-corrected chi connectivity index (χ1v) is 12.4. The van der Waals surface area contributed by atoms with Crippen molar-refractivity contribution in [3.63, 3.8) is 0 Å². The largest absolute Gasteiger partial charge is 0.350 e. The minimum absolute atomic E-state index is 0.0697. The third-order valence-electron chi connectivity index (χ3n) is 5.64. The topological polar surface area (TPSA) is 77.1 Å². The molecule has 2 aromatic carbocycles. The van der Waals surface area contributed by atoms with E-state index in [1.54, 1.807) is 6.21 Å². The molecule has 1 amide bonds. The van der Waals surface area contributed by atoms with E-state index in [-0.39, 0.29) is 17.1 Å². The van der Waals surface area contributed by atoms with Gasteiger partial charge in [-0.05, 0) is 42.2 Å². The summed E-state index contributed by atoms with van der Waals surface area (Å²) in [6.07, 6.45) is 3.54. The van der Waals surface area contributed by atoms with Crippen LogP contribution in [-0.4, -0.2) is 37.2 Å². The predicted molar refractivity (Wildman–Crippen MR) is 142 cm³/mol. The first kappa shape index (κ1) is 24.5. The molecule has 0 fully saturated rings. The third-order valence-corrected chi connectivity index (χ3v) is 6.57. The fourth-order valence-corrected chi connectivity index (χ4v) is 4.28. The van der Waals surface area contributed by atoms with Gasteiger partial charge < -0.3 is 4.57 Å². The molecule has 2 heterocycles. The minimum atomic E-state index is -0.213. The first-order chi connectivity index (χ1) is 16.7. The summed E-state index contributed by atoms with van der Waals surface area (Å²) in [5.74, 6) is 0.686. The molecule has 0 bridgehead atoms. The molecule has 0 aliphatic rings. The minimum Gasteiger partial charge on any atom is -0.350 e. The zero-order valence-electron chi connectivity index (χ0n) is 20.7. The van der Waals surface area contributed by atoms with Crippen molar-refractivity contribution in [2.75, 3.05) is 5.75 Å². The van der Waals surface area contributed by atoms with Crippen LogP contribution in [0.3, 0.4) is 0 Å². The quantitative estimate of drug-likeness (QED) is 0.223. The van der Waals surface area contributed by atoms with Gasteiger partial charge >= 0.3 is 0 Å². The first-order valence-electron chi connectivity index (χ1n) is 11.4. The smallest absolute Gasteiger partial charge is 0.250 e. The Morgan fingerprint density at radius 1 is 1.06 bits per heavy atom. The summed E-state index contributed by atoms with van der Waals surface area (Å²) in [6, 6.07) is 20.5. The number of nitrogens with one attached hydrogen (secondary N) is 1. The number of carbonyl (C=O) groups is 1. The van der Waals surface area contributed by atoms with Gasteiger partial charge in [0.25, 0.3) is 5.91 Å². The Kier molecular flexibility index (Phi) is 7.21. The maximum atomic E-state index is 12.4. The van der Waals surface area contributed by atoms with Crippen molar-refractivity contribution >= 4 is 23.9 Å². The molecule has 2 aromatic heterocycles. The second-order valence-electron chi connectivity index (χ2n) is 9.43. The van der Waals surface area contributed by atoms with Crippen molar-refractivity contribution in [3.8, 4) is 17.1 Å². The highest BCUT2D eigenvalue weighted by Crippen LogP contribution is 2.30. The molecule has 8 heteroatoms. The number of hydrogen-bond donors (Lipinski definition) is 1. The molecule has 4 aromatic rings. The van der Waals surface area contributed by atoms with Crippen molar-refractivity contribution in [1.29, 1.82) is 0 Å². The molecule has 0 radical (unpaired) electrons. The zero-order valence-corrected chi connectivity index (χ0v) is 21.5. The van der Waals surface area contributed by atoms with Crippen LogP contribution in [-0.2, 0) is 17.3 Å². The Hall–Kier alpha value is -3.65.